The van der Waals surface area contributed by atoms with Crippen LogP contribution in [0.25, 0.3) is 0 Å². The van der Waals surface area contributed by atoms with Crippen LogP contribution in [0.3, 0.4) is 0 Å². The van der Waals surface area contributed by atoms with Crippen LogP contribution in [0.1, 0.15) is 38.0 Å². The molecule has 0 radical (unpaired) electrons. The fourth-order valence-electron chi connectivity index (χ4n) is 1.65. The summed E-state index contributed by atoms with van der Waals surface area (Å²) in [6, 6.07) is 8.39. The van der Waals surface area contributed by atoms with Gasteiger partial charge >= 0.3 is 0 Å². The van der Waals surface area contributed by atoms with Gasteiger partial charge in [0.05, 0.1) is 7.11 Å². The van der Waals surface area contributed by atoms with Crippen LogP contribution in [0, 0.1) is 0 Å². The molecule has 0 saturated carbocycles. The van der Waals surface area contributed by atoms with Crippen molar-refractivity contribution in [2.24, 2.45) is 5.73 Å². The first-order valence-electron chi connectivity index (χ1n) is 6.13. The Morgan fingerprint density at radius 3 is 2.24 bits per heavy atom. The van der Waals surface area contributed by atoms with Crippen molar-refractivity contribution < 1.29 is 4.74 Å². The van der Waals surface area contributed by atoms with Crippen molar-refractivity contribution in [1.29, 1.82) is 0 Å². The molecule has 0 spiro atoms. The summed E-state index contributed by atoms with van der Waals surface area (Å²) < 4.78 is 5.17. The number of nitrogens with two attached hydrogens (primary N) is 1. The first-order valence-corrected chi connectivity index (χ1v) is 7.07. The fraction of sp³-hybridized carbons (Fsp3) is 0.571. The molecular formula is C14H23NOS. The SMILES string of the molecule is CCC(C)SC(c1ccc(OC)cc1)C(C)N. The lowest BCUT2D eigenvalue weighted by Gasteiger charge is -2.24. The Labute approximate surface area is 109 Å². The molecule has 0 aliphatic carbocycles. The minimum Gasteiger partial charge on any atom is -0.497 e. The van der Waals surface area contributed by atoms with E-state index in [1.54, 1.807) is 7.11 Å². The van der Waals surface area contributed by atoms with E-state index in [0.29, 0.717) is 10.5 Å². The molecule has 0 fully saturated rings. The van der Waals surface area contributed by atoms with E-state index in [1.165, 1.54) is 12.0 Å². The molecule has 0 saturated heterocycles. The monoisotopic (exact) mass is 253 g/mol. The van der Waals surface area contributed by atoms with E-state index in [1.807, 2.05) is 23.9 Å². The summed E-state index contributed by atoms with van der Waals surface area (Å²) in [5, 5.41) is 0.990. The van der Waals surface area contributed by atoms with Gasteiger partial charge in [0.15, 0.2) is 0 Å². The second-order valence-electron chi connectivity index (χ2n) is 4.41. The van der Waals surface area contributed by atoms with Gasteiger partial charge in [0.25, 0.3) is 0 Å². The van der Waals surface area contributed by atoms with Gasteiger partial charge in [0.2, 0.25) is 0 Å². The highest BCUT2D eigenvalue weighted by molar-refractivity contribution is 8.00. The predicted molar refractivity (Wildman–Crippen MR) is 76.7 cm³/mol. The van der Waals surface area contributed by atoms with Crippen molar-refractivity contribution in [3.05, 3.63) is 29.8 Å². The smallest absolute Gasteiger partial charge is 0.118 e. The molecule has 2 N–H and O–H groups in total. The molecule has 0 aromatic heterocycles. The first kappa shape index (κ1) is 14.4. The van der Waals surface area contributed by atoms with Gasteiger partial charge in [0, 0.05) is 16.5 Å². The molecule has 96 valence electrons. The highest BCUT2D eigenvalue weighted by atomic mass is 32.2. The Kier molecular flexibility index (Phi) is 5.86. The van der Waals surface area contributed by atoms with Crippen molar-refractivity contribution in [2.75, 3.05) is 7.11 Å². The normalized spacial score (nSPS) is 16.3. The lowest BCUT2D eigenvalue weighted by atomic mass is 10.1. The third-order valence-electron chi connectivity index (χ3n) is 2.88. The first-order chi connectivity index (χ1) is 8.08. The predicted octanol–water partition coefficient (Wildman–Crippen LogP) is 3.62. The molecule has 17 heavy (non-hydrogen) atoms. The fourth-order valence-corrected chi connectivity index (χ4v) is 2.90. The highest BCUT2D eigenvalue weighted by Crippen LogP contribution is 2.36. The van der Waals surface area contributed by atoms with Gasteiger partial charge < -0.3 is 10.5 Å². The van der Waals surface area contributed by atoms with Crippen LogP contribution in [-0.4, -0.2) is 18.4 Å². The molecule has 3 heteroatoms. The average Bonchev–Trinajstić information content (AvgIpc) is 2.35. The second kappa shape index (κ2) is 6.92. The highest BCUT2D eigenvalue weighted by Gasteiger charge is 2.19. The summed E-state index contributed by atoms with van der Waals surface area (Å²) in [7, 11) is 1.69. The maximum absolute atomic E-state index is 6.09. The largest absolute Gasteiger partial charge is 0.497 e. The van der Waals surface area contributed by atoms with Gasteiger partial charge in [-0.1, -0.05) is 26.0 Å². The summed E-state index contributed by atoms with van der Waals surface area (Å²) in [4.78, 5) is 0. The quantitative estimate of drug-likeness (QED) is 0.841. The van der Waals surface area contributed by atoms with Gasteiger partial charge in [-0.05, 0) is 31.0 Å². The van der Waals surface area contributed by atoms with Crippen LogP contribution in [0.2, 0.25) is 0 Å². The number of hydrogen-bond donors (Lipinski definition) is 1. The number of ether oxygens (including phenoxy) is 1. The maximum Gasteiger partial charge on any atom is 0.118 e. The molecule has 3 atom stereocenters. The van der Waals surface area contributed by atoms with Gasteiger partial charge in [-0.2, -0.15) is 0 Å². The van der Waals surface area contributed by atoms with Crippen molar-refractivity contribution in [2.45, 2.75) is 43.7 Å². The van der Waals surface area contributed by atoms with E-state index >= 15 is 0 Å². The summed E-state index contributed by atoms with van der Waals surface area (Å²) in [6.45, 7) is 6.54. The van der Waals surface area contributed by atoms with Crippen LogP contribution in [-0.2, 0) is 0 Å². The molecule has 0 amide bonds. The molecule has 0 bridgehead atoms. The van der Waals surface area contributed by atoms with E-state index in [9.17, 15) is 0 Å². The Balaban J connectivity index is 2.81. The van der Waals surface area contributed by atoms with Crippen LogP contribution < -0.4 is 10.5 Å². The zero-order valence-corrected chi connectivity index (χ0v) is 12.0. The van der Waals surface area contributed by atoms with Crippen LogP contribution in [0.15, 0.2) is 24.3 Å². The van der Waals surface area contributed by atoms with E-state index in [0.717, 1.165) is 5.75 Å². The minimum atomic E-state index is 0.155. The van der Waals surface area contributed by atoms with Crippen LogP contribution in [0.4, 0.5) is 0 Å². The van der Waals surface area contributed by atoms with Gasteiger partial charge in [-0.25, -0.2) is 0 Å². The molecule has 1 aromatic rings. The van der Waals surface area contributed by atoms with E-state index < -0.39 is 0 Å². The maximum atomic E-state index is 6.09. The minimum absolute atomic E-state index is 0.155. The van der Waals surface area contributed by atoms with Gasteiger partial charge in [0.1, 0.15) is 5.75 Å². The number of thioether (sulfide) groups is 1. The third-order valence-corrected chi connectivity index (χ3v) is 4.67. The summed E-state index contributed by atoms with van der Waals surface area (Å²) in [6.07, 6.45) is 1.17. The van der Waals surface area contributed by atoms with Crippen molar-refractivity contribution in [1.82, 2.24) is 0 Å². The Hall–Kier alpha value is -0.670. The van der Waals surface area contributed by atoms with E-state index in [2.05, 4.69) is 32.9 Å². The van der Waals surface area contributed by atoms with E-state index in [-0.39, 0.29) is 6.04 Å². The number of hydrogen-bond acceptors (Lipinski definition) is 3. The topological polar surface area (TPSA) is 35.2 Å². The second-order valence-corrected chi connectivity index (χ2v) is 5.99. The van der Waals surface area contributed by atoms with Crippen molar-refractivity contribution in [3.8, 4) is 5.75 Å². The molecule has 1 rings (SSSR count). The Bertz CT molecular complexity index is 323. The molecule has 3 unspecified atom stereocenters. The molecular weight excluding hydrogens is 230 g/mol. The molecule has 0 aliphatic heterocycles. The summed E-state index contributed by atoms with van der Waals surface area (Å²) in [5.74, 6) is 0.894. The summed E-state index contributed by atoms with van der Waals surface area (Å²) >= 11 is 1.95. The Morgan fingerprint density at radius 2 is 1.82 bits per heavy atom. The average molecular weight is 253 g/mol. The molecule has 0 heterocycles. The van der Waals surface area contributed by atoms with Crippen LogP contribution >= 0.6 is 11.8 Å². The Morgan fingerprint density at radius 1 is 1.24 bits per heavy atom. The zero-order valence-electron chi connectivity index (χ0n) is 11.1. The molecule has 0 aliphatic rings. The van der Waals surface area contributed by atoms with Gasteiger partial charge in [-0.15, -0.1) is 11.8 Å². The lowest BCUT2D eigenvalue weighted by molar-refractivity contribution is 0.414. The number of benzene rings is 1. The standard InChI is InChI=1S/C14H23NOS/c1-5-10(2)17-14(11(3)15)12-6-8-13(16-4)9-7-12/h6-11,14H,5,15H2,1-4H3. The van der Waals surface area contributed by atoms with Crippen molar-refractivity contribution in [3.63, 3.8) is 0 Å². The molecule has 1 aromatic carbocycles. The molecule has 2 nitrogen and oxygen atoms in total. The lowest BCUT2D eigenvalue weighted by Crippen LogP contribution is -2.24. The van der Waals surface area contributed by atoms with Gasteiger partial charge in [-0.3, -0.25) is 0 Å². The summed E-state index contributed by atoms with van der Waals surface area (Å²) in [5.41, 5.74) is 7.37. The van der Waals surface area contributed by atoms with Crippen molar-refractivity contribution >= 4 is 11.8 Å². The van der Waals surface area contributed by atoms with Crippen LogP contribution in [0.5, 0.6) is 5.75 Å². The third kappa shape index (κ3) is 4.25. The van der Waals surface area contributed by atoms with E-state index in [4.69, 9.17) is 10.5 Å². The number of methoxy groups -OCH3 is 1. The number of rotatable bonds is 6. The zero-order chi connectivity index (χ0) is 12.8.